The zero-order chi connectivity index (χ0) is 22.6. The molecule has 2 N–H and O–H groups in total. The Hall–Kier alpha value is -3.89. The minimum atomic E-state index is -4.90. The zero-order valence-corrected chi connectivity index (χ0v) is 15.4. The van der Waals surface area contributed by atoms with Crippen LogP contribution in [0.2, 0.25) is 0 Å². The number of nitrogens with one attached hydrogen (secondary N) is 2. The first-order chi connectivity index (χ1) is 14.6. The lowest BCUT2D eigenvalue weighted by atomic mass is 10.1. The van der Waals surface area contributed by atoms with Gasteiger partial charge < -0.3 is 19.8 Å². The van der Waals surface area contributed by atoms with Crippen molar-refractivity contribution in [3.05, 3.63) is 77.7 Å². The minimum absolute atomic E-state index is 0.110. The van der Waals surface area contributed by atoms with Gasteiger partial charge in [0, 0.05) is 5.69 Å². The Morgan fingerprint density at radius 3 is 2.32 bits per heavy atom. The summed E-state index contributed by atoms with van der Waals surface area (Å²) in [5.41, 5.74) is -2.48. The van der Waals surface area contributed by atoms with E-state index in [0.717, 1.165) is 24.3 Å². The molecule has 162 valence electrons. The van der Waals surface area contributed by atoms with Crippen LogP contribution in [0, 0.1) is 0 Å². The molecule has 0 saturated heterocycles. The fourth-order valence-corrected chi connectivity index (χ4v) is 2.61. The average Bonchev–Trinajstić information content (AvgIpc) is 3.23. The van der Waals surface area contributed by atoms with Crippen molar-refractivity contribution >= 4 is 23.2 Å². The number of carbonyl (C=O) groups is 2. The first-order valence-electron chi connectivity index (χ1n) is 8.56. The van der Waals surface area contributed by atoms with Crippen LogP contribution in [0.15, 0.2) is 65.3 Å². The molecular formula is C20H13F5N2O4. The van der Waals surface area contributed by atoms with Crippen LogP contribution in [0.3, 0.4) is 0 Å². The Morgan fingerprint density at radius 1 is 0.935 bits per heavy atom. The van der Waals surface area contributed by atoms with Crippen LogP contribution in [0.1, 0.15) is 26.5 Å². The van der Waals surface area contributed by atoms with E-state index in [0.29, 0.717) is 6.07 Å². The largest absolute Gasteiger partial charge is 0.459 e. The van der Waals surface area contributed by atoms with Crippen molar-refractivity contribution in [1.29, 1.82) is 0 Å². The van der Waals surface area contributed by atoms with Crippen LogP contribution < -0.4 is 15.4 Å². The van der Waals surface area contributed by atoms with Crippen molar-refractivity contribution in [3.63, 3.8) is 0 Å². The van der Waals surface area contributed by atoms with Crippen molar-refractivity contribution in [2.45, 2.75) is 12.8 Å². The van der Waals surface area contributed by atoms with E-state index in [1.807, 2.05) is 5.32 Å². The number of hydrogen-bond acceptors (Lipinski definition) is 4. The number of para-hydroxylation sites is 1. The number of carbonyl (C=O) groups excluding carboxylic acids is 2. The van der Waals surface area contributed by atoms with Gasteiger partial charge >= 0.3 is 12.8 Å². The number of benzene rings is 2. The smallest absolute Gasteiger partial charge is 0.418 e. The summed E-state index contributed by atoms with van der Waals surface area (Å²) in [7, 11) is 0. The summed E-state index contributed by atoms with van der Waals surface area (Å²) >= 11 is 0. The molecule has 2 aromatic carbocycles. The maximum atomic E-state index is 13.5. The highest BCUT2D eigenvalue weighted by Crippen LogP contribution is 2.37. The van der Waals surface area contributed by atoms with Gasteiger partial charge in [-0.3, -0.25) is 9.59 Å². The fraction of sp³-hybridized carbons (Fsp3) is 0.100. The van der Waals surface area contributed by atoms with E-state index in [-0.39, 0.29) is 17.0 Å². The molecule has 1 heterocycles. The highest BCUT2D eigenvalue weighted by molar-refractivity contribution is 6.07. The zero-order valence-electron chi connectivity index (χ0n) is 15.4. The number of alkyl halides is 5. The Balaban J connectivity index is 1.87. The molecule has 0 fully saturated rings. The van der Waals surface area contributed by atoms with Crippen molar-refractivity contribution in [2.75, 3.05) is 10.6 Å². The highest BCUT2D eigenvalue weighted by Gasteiger charge is 2.35. The number of anilines is 2. The molecule has 0 saturated carbocycles. The third kappa shape index (κ3) is 5.38. The van der Waals surface area contributed by atoms with E-state index in [1.165, 1.54) is 30.5 Å². The molecular weight excluding hydrogens is 427 g/mol. The van der Waals surface area contributed by atoms with Crippen LogP contribution >= 0.6 is 0 Å². The summed E-state index contributed by atoms with van der Waals surface area (Å²) in [5.74, 6) is -2.46. The molecule has 6 nitrogen and oxygen atoms in total. The number of furan rings is 1. The van der Waals surface area contributed by atoms with Gasteiger partial charge in [0.05, 0.1) is 23.1 Å². The second kappa shape index (κ2) is 8.86. The fourth-order valence-electron chi connectivity index (χ4n) is 2.61. The standard InChI is InChI=1S/C20H13F5N2O4/c21-19(22)31-15-5-2-1-4-12(15)17(28)27-14-8-7-11(10-13(14)20(23,24)25)26-18(29)16-6-3-9-30-16/h1-10,19H,(H,26,29)(H,27,28). The molecule has 0 bridgehead atoms. The molecule has 31 heavy (non-hydrogen) atoms. The summed E-state index contributed by atoms with van der Waals surface area (Å²) in [5, 5.41) is 4.29. The number of ether oxygens (including phenoxy) is 1. The van der Waals surface area contributed by atoms with Crippen LogP contribution in [0.25, 0.3) is 0 Å². The monoisotopic (exact) mass is 440 g/mol. The molecule has 0 aliphatic heterocycles. The van der Waals surface area contributed by atoms with Gasteiger partial charge in [0.25, 0.3) is 11.8 Å². The van der Waals surface area contributed by atoms with Crippen LogP contribution in [0.4, 0.5) is 33.3 Å². The summed E-state index contributed by atoms with van der Waals surface area (Å²) in [4.78, 5) is 24.4. The SMILES string of the molecule is O=C(Nc1ccc(NC(=O)c2ccccc2OC(F)F)c(C(F)(F)F)c1)c1ccco1. The van der Waals surface area contributed by atoms with Crippen molar-refractivity contribution in [1.82, 2.24) is 0 Å². The number of rotatable bonds is 6. The maximum absolute atomic E-state index is 13.5. The number of halogens is 5. The average molecular weight is 440 g/mol. The molecule has 1 aromatic heterocycles. The highest BCUT2D eigenvalue weighted by atomic mass is 19.4. The lowest BCUT2D eigenvalue weighted by Gasteiger charge is -2.16. The lowest BCUT2D eigenvalue weighted by molar-refractivity contribution is -0.136. The first-order valence-corrected chi connectivity index (χ1v) is 8.56. The second-order valence-corrected chi connectivity index (χ2v) is 6.02. The van der Waals surface area contributed by atoms with E-state index < -0.39 is 41.6 Å². The molecule has 0 atom stereocenters. The normalized spacial score (nSPS) is 11.3. The summed E-state index contributed by atoms with van der Waals surface area (Å²) in [6, 6.07) is 10.3. The molecule has 11 heteroatoms. The van der Waals surface area contributed by atoms with Gasteiger partial charge in [0.15, 0.2) is 5.76 Å². The van der Waals surface area contributed by atoms with Crippen LogP contribution in [-0.2, 0) is 6.18 Å². The minimum Gasteiger partial charge on any atom is -0.459 e. The van der Waals surface area contributed by atoms with E-state index in [2.05, 4.69) is 10.1 Å². The van der Waals surface area contributed by atoms with E-state index >= 15 is 0 Å². The summed E-state index contributed by atoms with van der Waals surface area (Å²) in [6.45, 7) is -3.23. The van der Waals surface area contributed by atoms with Gasteiger partial charge in [-0.1, -0.05) is 12.1 Å². The molecule has 3 aromatic rings. The van der Waals surface area contributed by atoms with Gasteiger partial charge in [-0.15, -0.1) is 0 Å². The molecule has 2 amide bonds. The van der Waals surface area contributed by atoms with Gasteiger partial charge in [0.2, 0.25) is 0 Å². The van der Waals surface area contributed by atoms with Gasteiger partial charge in [-0.2, -0.15) is 22.0 Å². The molecule has 0 aliphatic rings. The van der Waals surface area contributed by atoms with E-state index in [4.69, 9.17) is 4.42 Å². The van der Waals surface area contributed by atoms with Crippen LogP contribution in [-0.4, -0.2) is 18.4 Å². The van der Waals surface area contributed by atoms with E-state index in [1.54, 1.807) is 0 Å². The van der Waals surface area contributed by atoms with Crippen molar-refractivity contribution in [3.8, 4) is 5.75 Å². The second-order valence-electron chi connectivity index (χ2n) is 6.02. The lowest BCUT2D eigenvalue weighted by Crippen LogP contribution is -2.19. The molecule has 3 rings (SSSR count). The number of amides is 2. The molecule has 0 spiro atoms. The topological polar surface area (TPSA) is 80.6 Å². The Bertz CT molecular complexity index is 1080. The third-order valence-corrected chi connectivity index (χ3v) is 3.92. The Kier molecular flexibility index (Phi) is 6.23. The Labute approximate surface area is 171 Å². The predicted molar refractivity (Wildman–Crippen MR) is 99.1 cm³/mol. The van der Waals surface area contributed by atoms with Crippen molar-refractivity contribution < 1.29 is 40.7 Å². The van der Waals surface area contributed by atoms with Gasteiger partial charge in [-0.05, 0) is 42.5 Å². The van der Waals surface area contributed by atoms with Crippen LogP contribution in [0.5, 0.6) is 5.75 Å². The quantitative estimate of drug-likeness (QED) is 0.503. The summed E-state index contributed by atoms with van der Waals surface area (Å²) in [6.07, 6.45) is -3.67. The van der Waals surface area contributed by atoms with E-state index in [9.17, 15) is 31.5 Å². The molecule has 0 radical (unpaired) electrons. The van der Waals surface area contributed by atoms with Crippen molar-refractivity contribution in [2.24, 2.45) is 0 Å². The summed E-state index contributed by atoms with van der Waals surface area (Å²) < 4.78 is 74.7. The third-order valence-electron chi connectivity index (χ3n) is 3.92. The number of hydrogen-bond donors (Lipinski definition) is 2. The molecule has 0 aliphatic carbocycles. The Morgan fingerprint density at radius 2 is 1.68 bits per heavy atom. The maximum Gasteiger partial charge on any atom is 0.418 e. The first kappa shape index (κ1) is 21.8. The van der Waals surface area contributed by atoms with Gasteiger partial charge in [0.1, 0.15) is 5.75 Å². The van der Waals surface area contributed by atoms with Gasteiger partial charge in [-0.25, -0.2) is 0 Å². The molecule has 0 unspecified atom stereocenters. The predicted octanol–water partition coefficient (Wildman–Crippen LogP) is 5.40.